The molecule has 0 fully saturated rings. The Balaban J connectivity index is 1.87. The van der Waals surface area contributed by atoms with E-state index < -0.39 is 10.0 Å². The third-order valence-corrected chi connectivity index (χ3v) is 7.65. The van der Waals surface area contributed by atoms with Crippen molar-refractivity contribution >= 4 is 21.4 Å². The van der Waals surface area contributed by atoms with Gasteiger partial charge in [0.25, 0.3) is 10.0 Å². The van der Waals surface area contributed by atoms with Crippen LogP contribution in [0.3, 0.4) is 0 Å². The van der Waals surface area contributed by atoms with Gasteiger partial charge in [-0.3, -0.25) is 4.68 Å². The lowest BCUT2D eigenvalue weighted by atomic mass is 10.1. The van der Waals surface area contributed by atoms with Gasteiger partial charge in [-0.05, 0) is 37.3 Å². The third kappa shape index (κ3) is 4.06. The van der Waals surface area contributed by atoms with Crippen molar-refractivity contribution in [1.29, 1.82) is 0 Å². The van der Waals surface area contributed by atoms with E-state index in [4.69, 9.17) is 0 Å². The molecule has 3 rings (SSSR count). The molecule has 26 heavy (non-hydrogen) atoms. The molecule has 0 spiro atoms. The summed E-state index contributed by atoms with van der Waals surface area (Å²) in [4.78, 5) is 0. The average molecular weight is 390 g/mol. The van der Waals surface area contributed by atoms with Crippen LogP contribution in [0.2, 0.25) is 0 Å². The molecule has 0 aliphatic rings. The van der Waals surface area contributed by atoms with E-state index in [0.717, 1.165) is 23.4 Å². The first-order valence-corrected chi connectivity index (χ1v) is 10.9. The largest absolute Gasteiger partial charge is 0.270 e. The van der Waals surface area contributed by atoms with Crippen LogP contribution in [0.1, 0.15) is 23.7 Å². The van der Waals surface area contributed by atoms with E-state index in [1.165, 1.54) is 11.3 Å². The molecule has 138 valence electrons. The maximum absolute atomic E-state index is 13.1. The topological polar surface area (TPSA) is 55.2 Å². The highest BCUT2D eigenvalue weighted by atomic mass is 32.2. The van der Waals surface area contributed by atoms with Gasteiger partial charge in [-0.25, -0.2) is 8.42 Å². The molecule has 0 radical (unpaired) electrons. The average Bonchev–Trinajstić information content (AvgIpc) is 3.30. The molecule has 0 saturated heterocycles. The quantitative estimate of drug-likeness (QED) is 0.590. The van der Waals surface area contributed by atoms with Crippen molar-refractivity contribution in [3.05, 3.63) is 70.9 Å². The summed E-state index contributed by atoms with van der Waals surface area (Å²) < 4.78 is 30.1. The summed E-state index contributed by atoms with van der Waals surface area (Å²) >= 11 is 1.25. The molecule has 2 aromatic heterocycles. The van der Waals surface area contributed by atoms with Gasteiger partial charge in [-0.1, -0.05) is 36.4 Å². The third-order valence-electron chi connectivity index (χ3n) is 4.43. The second-order valence-corrected chi connectivity index (χ2v) is 9.19. The lowest BCUT2D eigenvalue weighted by Gasteiger charge is -2.21. The fraction of sp³-hybridized carbons (Fsp3) is 0.316. The fourth-order valence-corrected chi connectivity index (χ4v) is 5.43. The van der Waals surface area contributed by atoms with E-state index in [9.17, 15) is 8.42 Å². The van der Waals surface area contributed by atoms with Crippen LogP contribution in [0, 0.1) is 6.92 Å². The highest BCUT2D eigenvalue weighted by Gasteiger charge is 2.26. The van der Waals surface area contributed by atoms with Crippen molar-refractivity contribution < 1.29 is 8.42 Å². The van der Waals surface area contributed by atoms with Gasteiger partial charge in [0.05, 0.1) is 6.20 Å². The first kappa shape index (κ1) is 18.8. The Morgan fingerprint density at radius 1 is 1.15 bits per heavy atom. The minimum atomic E-state index is -3.53. The van der Waals surface area contributed by atoms with Crippen molar-refractivity contribution in [1.82, 2.24) is 14.1 Å². The predicted molar refractivity (Wildman–Crippen MR) is 105 cm³/mol. The van der Waals surface area contributed by atoms with Crippen molar-refractivity contribution in [2.75, 3.05) is 6.54 Å². The number of thiophene rings is 1. The molecule has 0 atom stereocenters. The highest BCUT2D eigenvalue weighted by Crippen LogP contribution is 2.24. The molecule has 0 aliphatic heterocycles. The SMILES string of the molecule is CCn1ncc(CN(CCc2ccccc2)S(=O)(=O)c2cccs2)c1C. The van der Waals surface area contributed by atoms with Crippen LogP contribution >= 0.6 is 11.3 Å². The Bertz CT molecular complexity index is 933. The first-order valence-electron chi connectivity index (χ1n) is 8.61. The van der Waals surface area contributed by atoms with Crippen molar-refractivity contribution in [2.45, 2.75) is 37.6 Å². The number of aromatic nitrogens is 2. The van der Waals surface area contributed by atoms with E-state index in [2.05, 4.69) is 5.10 Å². The standard InChI is InChI=1S/C19H23N3O2S2/c1-3-22-16(2)18(14-20-22)15-21(12-11-17-8-5-4-6-9-17)26(23,24)19-10-7-13-25-19/h4-10,13-14H,3,11-12,15H2,1-2H3. The Morgan fingerprint density at radius 2 is 1.92 bits per heavy atom. The van der Waals surface area contributed by atoms with Gasteiger partial charge in [0, 0.05) is 30.9 Å². The molecular weight excluding hydrogens is 366 g/mol. The highest BCUT2D eigenvalue weighted by molar-refractivity contribution is 7.91. The van der Waals surface area contributed by atoms with E-state index in [1.54, 1.807) is 28.0 Å². The number of hydrogen-bond donors (Lipinski definition) is 0. The number of nitrogens with zero attached hydrogens (tertiary/aromatic N) is 3. The monoisotopic (exact) mass is 389 g/mol. The second kappa shape index (κ2) is 8.16. The minimum Gasteiger partial charge on any atom is -0.270 e. The predicted octanol–water partition coefficient (Wildman–Crippen LogP) is 3.71. The fourth-order valence-electron chi connectivity index (χ4n) is 2.87. The van der Waals surface area contributed by atoms with Gasteiger partial charge in [-0.2, -0.15) is 9.40 Å². The Hall–Kier alpha value is -1.96. The number of rotatable bonds is 8. The van der Waals surface area contributed by atoms with Crippen LogP contribution in [0.25, 0.3) is 0 Å². The second-order valence-electron chi connectivity index (χ2n) is 6.08. The van der Waals surface area contributed by atoms with Crippen LogP contribution in [-0.4, -0.2) is 29.0 Å². The van der Waals surface area contributed by atoms with Crippen LogP contribution in [-0.2, 0) is 29.5 Å². The lowest BCUT2D eigenvalue weighted by molar-refractivity contribution is 0.409. The van der Waals surface area contributed by atoms with Crippen molar-refractivity contribution in [3.63, 3.8) is 0 Å². The zero-order valence-electron chi connectivity index (χ0n) is 15.0. The summed E-state index contributed by atoms with van der Waals surface area (Å²) in [5.74, 6) is 0. The van der Waals surface area contributed by atoms with Gasteiger partial charge in [0.15, 0.2) is 0 Å². The molecule has 0 amide bonds. The van der Waals surface area contributed by atoms with Gasteiger partial charge >= 0.3 is 0 Å². The minimum absolute atomic E-state index is 0.332. The van der Waals surface area contributed by atoms with E-state index in [-0.39, 0.29) is 0 Å². The summed E-state index contributed by atoms with van der Waals surface area (Å²) in [7, 11) is -3.53. The van der Waals surface area contributed by atoms with Crippen molar-refractivity contribution in [3.8, 4) is 0 Å². The summed E-state index contributed by atoms with van der Waals surface area (Å²) in [6.07, 6.45) is 2.45. The Kier molecular flexibility index (Phi) is 5.90. The van der Waals surface area contributed by atoms with E-state index >= 15 is 0 Å². The molecule has 1 aromatic carbocycles. The van der Waals surface area contributed by atoms with Crippen LogP contribution in [0.15, 0.2) is 58.3 Å². The lowest BCUT2D eigenvalue weighted by Crippen LogP contribution is -2.32. The number of aryl methyl sites for hydroxylation is 1. The molecule has 0 unspecified atom stereocenters. The Labute approximate surface area is 159 Å². The molecular formula is C19H23N3O2S2. The van der Waals surface area contributed by atoms with Crippen LogP contribution in [0.4, 0.5) is 0 Å². The molecule has 0 aliphatic carbocycles. The van der Waals surface area contributed by atoms with Gasteiger partial charge in [0.2, 0.25) is 0 Å². The first-order chi connectivity index (χ1) is 12.5. The number of benzene rings is 1. The van der Waals surface area contributed by atoms with E-state index in [0.29, 0.717) is 23.7 Å². The van der Waals surface area contributed by atoms with E-state index in [1.807, 2.05) is 48.9 Å². The zero-order chi connectivity index (χ0) is 18.6. The molecule has 0 saturated carbocycles. The van der Waals surface area contributed by atoms with Crippen molar-refractivity contribution in [2.24, 2.45) is 0 Å². The molecule has 2 heterocycles. The number of sulfonamides is 1. The summed E-state index contributed by atoms with van der Waals surface area (Å²) in [5.41, 5.74) is 3.08. The molecule has 5 nitrogen and oxygen atoms in total. The maximum atomic E-state index is 13.1. The molecule has 0 bridgehead atoms. The summed E-state index contributed by atoms with van der Waals surface area (Å²) in [6.45, 7) is 5.55. The van der Waals surface area contributed by atoms with Gasteiger partial charge in [-0.15, -0.1) is 11.3 Å². The molecule has 7 heteroatoms. The number of hydrogen-bond acceptors (Lipinski definition) is 4. The zero-order valence-corrected chi connectivity index (χ0v) is 16.6. The smallest absolute Gasteiger partial charge is 0.252 e. The van der Waals surface area contributed by atoms with Gasteiger partial charge in [0.1, 0.15) is 4.21 Å². The van der Waals surface area contributed by atoms with Crippen LogP contribution < -0.4 is 0 Å². The molecule has 3 aromatic rings. The Morgan fingerprint density at radius 3 is 2.54 bits per heavy atom. The summed E-state index contributed by atoms with van der Waals surface area (Å²) in [6, 6.07) is 13.4. The summed E-state index contributed by atoms with van der Waals surface area (Å²) in [5, 5.41) is 6.14. The normalized spacial score (nSPS) is 12.0. The van der Waals surface area contributed by atoms with Gasteiger partial charge < -0.3 is 0 Å². The maximum Gasteiger partial charge on any atom is 0.252 e. The van der Waals surface area contributed by atoms with Crippen LogP contribution in [0.5, 0.6) is 0 Å². The molecule has 0 N–H and O–H groups in total.